The summed E-state index contributed by atoms with van der Waals surface area (Å²) in [6.07, 6.45) is 0. The third-order valence-electron chi connectivity index (χ3n) is 9.51. The molecule has 0 spiro atoms. The van der Waals surface area contributed by atoms with Crippen molar-refractivity contribution in [3.05, 3.63) is 163 Å². The van der Waals surface area contributed by atoms with Gasteiger partial charge >= 0.3 is 0 Å². The molecule has 2 heteroatoms. The summed E-state index contributed by atoms with van der Waals surface area (Å²) in [5.74, 6) is 0. The van der Waals surface area contributed by atoms with Gasteiger partial charge in [0.05, 0.1) is 11.6 Å². The SMILES string of the molecule is N#Cc1cc(N)cc(-c2cccc(-c3ccc4c5c(cccc35)-c3c-4c(-c4ccccc4)c4ccccc4c3-c3ccccc3)c2)c1. The van der Waals surface area contributed by atoms with Crippen LogP contribution in [0.2, 0.25) is 0 Å². The fourth-order valence-electron chi connectivity index (χ4n) is 7.61. The molecule has 218 valence electrons. The second-order valence-corrected chi connectivity index (χ2v) is 12.2. The monoisotopic (exact) mass is 596 g/mol. The molecule has 0 heterocycles. The van der Waals surface area contributed by atoms with E-state index in [-0.39, 0.29) is 0 Å². The van der Waals surface area contributed by atoms with Gasteiger partial charge in [-0.15, -0.1) is 0 Å². The van der Waals surface area contributed by atoms with Crippen LogP contribution in [0.3, 0.4) is 0 Å². The molecule has 0 radical (unpaired) electrons. The average molecular weight is 597 g/mol. The molecule has 0 atom stereocenters. The number of rotatable bonds is 4. The highest BCUT2D eigenvalue weighted by Crippen LogP contribution is 2.58. The number of nitrogens with zero attached hydrogens (tertiary/aromatic N) is 1. The van der Waals surface area contributed by atoms with E-state index in [1.54, 1.807) is 6.07 Å². The van der Waals surface area contributed by atoms with E-state index in [2.05, 4.69) is 146 Å². The maximum Gasteiger partial charge on any atom is 0.0992 e. The first-order chi connectivity index (χ1) is 23.2. The van der Waals surface area contributed by atoms with Crippen LogP contribution in [0.4, 0.5) is 5.69 Å². The number of nitrogens with two attached hydrogens (primary N) is 1. The van der Waals surface area contributed by atoms with Crippen LogP contribution in [-0.2, 0) is 0 Å². The van der Waals surface area contributed by atoms with Crippen molar-refractivity contribution in [3.8, 4) is 72.8 Å². The van der Waals surface area contributed by atoms with Gasteiger partial charge in [-0.2, -0.15) is 5.26 Å². The van der Waals surface area contributed by atoms with Crippen molar-refractivity contribution >= 4 is 27.2 Å². The molecule has 2 nitrogen and oxygen atoms in total. The Kier molecular flexibility index (Phi) is 6.07. The van der Waals surface area contributed by atoms with Crippen molar-refractivity contribution in [1.82, 2.24) is 0 Å². The highest BCUT2D eigenvalue weighted by atomic mass is 14.5. The quantitative estimate of drug-likeness (QED) is 0.205. The molecular weight excluding hydrogens is 569 g/mol. The van der Waals surface area contributed by atoms with Gasteiger partial charge in [-0.25, -0.2) is 0 Å². The number of hydrogen-bond acceptors (Lipinski definition) is 2. The molecule has 0 aromatic heterocycles. The zero-order valence-corrected chi connectivity index (χ0v) is 25.5. The third-order valence-corrected chi connectivity index (χ3v) is 9.51. The molecule has 0 amide bonds. The maximum atomic E-state index is 9.56. The second kappa shape index (κ2) is 10.6. The van der Waals surface area contributed by atoms with Gasteiger partial charge in [-0.3, -0.25) is 0 Å². The molecule has 9 rings (SSSR count). The lowest BCUT2D eigenvalue weighted by atomic mass is 9.82. The molecule has 1 aliphatic rings. The van der Waals surface area contributed by atoms with E-state index in [1.165, 1.54) is 71.6 Å². The fourth-order valence-corrected chi connectivity index (χ4v) is 7.61. The second-order valence-electron chi connectivity index (χ2n) is 12.2. The number of benzene rings is 8. The normalized spacial score (nSPS) is 11.5. The topological polar surface area (TPSA) is 49.8 Å². The molecule has 0 fully saturated rings. The van der Waals surface area contributed by atoms with Gasteiger partial charge in [0, 0.05) is 5.69 Å². The van der Waals surface area contributed by atoms with Crippen molar-refractivity contribution in [2.45, 2.75) is 0 Å². The van der Waals surface area contributed by atoms with Crippen LogP contribution < -0.4 is 5.73 Å². The summed E-state index contributed by atoms with van der Waals surface area (Å²) >= 11 is 0. The van der Waals surface area contributed by atoms with Gasteiger partial charge in [0.1, 0.15) is 0 Å². The summed E-state index contributed by atoms with van der Waals surface area (Å²) in [7, 11) is 0. The zero-order chi connectivity index (χ0) is 31.5. The van der Waals surface area contributed by atoms with Gasteiger partial charge < -0.3 is 5.73 Å². The Balaban J connectivity index is 1.35. The highest BCUT2D eigenvalue weighted by Gasteiger charge is 2.31. The lowest BCUT2D eigenvalue weighted by Gasteiger charge is -2.20. The minimum Gasteiger partial charge on any atom is -0.399 e. The maximum absolute atomic E-state index is 9.56. The van der Waals surface area contributed by atoms with E-state index in [1.807, 2.05) is 12.1 Å². The molecular formula is C45H28N2. The molecule has 0 aliphatic heterocycles. The highest BCUT2D eigenvalue weighted by molar-refractivity contribution is 6.28. The van der Waals surface area contributed by atoms with E-state index in [0.29, 0.717) is 11.3 Å². The summed E-state index contributed by atoms with van der Waals surface area (Å²) in [6.45, 7) is 0. The molecule has 8 aromatic rings. The van der Waals surface area contributed by atoms with Crippen molar-refractivity contribution in [3.63, 3.8) is 0 Å². The molecule has 0 bridgehead atoms. The fraction of sp³-hybridized carbons (Fsp3) is 0. The minimum atomic E-state index is 0.560. The molecule has 0 saturated heterocycles. The standard InChI is InChI=1S/C45H28N2/c46-27-28-23-33(26-34(47)24-28)31-15-9-16-32(25-31)35-21-22-40-43-36(35)19-10-20-39(43)44-41(29-11-3-1-4-12-29)37-17-7-8-18-38(37)42(45(40)44)30-13-5-2-6-14-30/h1-26H,47H2. The first-order valence-corrected chi connectivity index (χ1v) is 15.9. The summed E-state index contributed by atoms with van der Waals surface area (Å²) < 4.78 is 0. The minimum absolute atomic E-state index is 0.560. The van der Waals surface area contributed by atoms with Gasteiger partial charge in [-0.05, 0) is 113 Å². The predicted octanol–water partition coefficient (Wildman–Crippen LogP) is 11.8. The van der Waals surface area contributed by atoms with Gasteiger partial charge in [0.25, 0.3) is 0 Å². The zero-order valence-electron chi connectivity index (χ0n) is 25.5. The first kappa shape index (κ1) is 26.9. The number of nitrogen functional groups attached to an aromatic ring is 1. The predicted molar refractivity (Wildman–Crippen MR) is 197 cm³/mol. The largest absolute Gasteiger partial charge is 0.399 e. The van der Waals surface area contributed by atoms with Crippen LogP contribution in [0.25, 0.3) is 88.3 Å². The molecule has 0 saturated carbocycles. The Morgan fingerprint density at radius 1 is 0.383 bits per heavy atom. The van der Waals surface area contributed by atoms with Crippen LogP contribution in [0.5, 0.6) is 0 Å². The summed E-state index contributed by atoms with van der Waals surface area (Å²) in [5.41, 5.74) is 21.7. The van der Waals surface area contributed by atoms with E-state index < -0.39 is 0 Å². The molecule has 0 unspecified atom stereocenters. The van der Waals surface area contributed by atoms with Crippen molar-refractivity contribution in [2.24, 2.45) is 0 Å². The third kappa shape index (κ3) is 4.18. The number of nitriles is 1. The lowest BCUT2D eigenvalue weighted by Crippen LogP contribution is -1.93. The lowest BCUT2D eigenvalue weighted by molar-refractivity contribution is 1.48. The van der Waals surface area contributed by atoms with Crippen molar-refractivity contribution in [2.75, 3.05) is 5.73 Å². The Hall–Kier alpha value is -6.43. The van der Waals surface area contributed by atoms with Crippen LogP contribution in [0.1, 0.15) is 5.56 Å². The molecule has 47 heavy (non-hydrogen) atoms. The van der Waals surface area contributed by atoms with Gasteiger partial charge in [0.15, 0.2) is 0 Å². The summed E-state index contributed by atoms with van der Waals surface area (Å²) in [6, 6.07) is 58.2. The molecule has 1 aliphatic carbocycles. The van der Waals surface area contributed by atoms with Crippen LogP contribution in [0.15, 0.2) is 158 Å². The van der Waals surface area contributed by atoms with Crippen molar-refractivity contribution in [1.29, 1.82) is 5.26 Å². The number of fused-ring (bicyclic) bond motifs is 4. The Bertz CT molecular complexity index is 2480. The van der Waals surface area contributed by atoms with E-state index in [0.717, 1.165) is 16.7 Å². The smallest absolute Gasteiger partial charge is 0.0992 e. The Labute approximate surface area is 273 Å². The average Bonchev–Trinajstić information content (AvgIpc) is 3.46. The molecule has 8 aromatic carbocycles. The first-order valence-electron chi connectivity index (χ1n) is 15.9. The summed E-state index contributed by atoms with van der Waals surface area (Å²) in [5, 5.41) is 14.6. The Morgan fingerprint density at radius 3 is 1.57 bits per heavy atom. The summed E-state index contributed by atoms with van der Waals surface area (Å²) in [4.78, 5) is 0. The number of anilines is 1. The number of hydrogen-bond donors (Lipinski definition) is 1. The van der Waals surface area contributed by atoms with E-state index >= 15 is 0 Å². The van der Waals surface area contributed by atoms with Crippen molar-refractivity contribution < 1.29 is 0 Å². The Morgan fingerprint density at radius 2 is 0.915 bits per heavy atom. The van der Waals surface area contributed by atoms with Crippen LogP contribution >= 0.6 is 0 Å². The van der Waals surface area contributed by atoms with E-state index in [9.17, 15) is 5.26 Å². The van der Waals surface area contributed by atoms with E-state index in [4.69, 9.17) is 5.73 Å². The van der Waals surface area contributed by atoms with Crippen LogP contribution in [0, 0.1) is 11.3 Å². The molecule has 2 N–H and O–H groups in total. The van der Waals surface area contributed by atoms with Gasteiger partial charge in [0.2, 0.25) is 0 Å². The van der Waals surface area contributed by atoms with Gasteiger partial charge in [-0.1, -0.05) is 133 Å². The van der Waals surface area contributed by atoms with Crippen LogP contribution in [-0.4, -0.2) is 0 Å².